The highest BCUT2D eigenvalue weighted by Crippen LogP contribution is 2.16. The van der Waals surface area contributed by atoms with Crippen molar-refractivity contribution in [3.05, 3.63) is 36.5 Å². The monoisotopic (exact) mass is 643 g/mol. The molecule has 0 fully saturated rings. The summed E-state index contributed by atoms with van der Waals surface area (Å²) in [7, 11) is 0. The Morgan fingerprint density at radius 3 is 1.17 bits per heavy atom. The number of carbonyl (C=O) groups excluding carboxylic acids is 1. The molecule has 0 unspecified atom stereocenters. The van der Waals surface area contributed by atoms with Crippen molar-refractivity contribution in [2.24, 2.45) is 0 Å². The van der Waals surface area contributed by atoms with Crippen LogP contribution in [0.2, 0.25) is 0 Å². The minimum absolute atomic E-state index is 0.00950. The van der Waals surface area contributed by atoms with Crippen molar-refractivity contribution in [1.82, 2.24) is 0 Å². The summed E-state index contributed by atoms with van der Waals surface area (Å²) in [6, 6.07) is 0. The molecule has 0 aliphatic rings. The summed E-state index contributed by atoms with van der Waals surface area (Å²) in [6.07, 6.45) is 58.1. The molecule has 0 heterocycles. The molecule has 0 aromatic carbocycles. The van der Waals surface area contributed by atoms with Crippen molar-refractivity contribution in [2.45, 2.75) is 232 Å². The van der Waals surface area contributed by atoms with Gasteiger partial charge in [0, 0.05) is 6.42 Å². The summed E-state index contributed by atoms with van der Waals surface area (Å²) in [5.41, 5.74) is 0. The van der Waals surface area contributed by atoms with Gasteiger partial charge >= 0.3 is 5.97 Å². The number of ether oxygens (including phenoxy) is 1. The Bertz CT molecular complexity index is 661. The van der Waals surface area contributed by atoms with Crippen LogP contribution in [-0.4, -0.2) is 12.6 Å². The van der Waals surface area contributed by atoms with Gasteiger partial charge in [0.25, 0.3) is 0 Å². The summed E-state index contributed by atoms with van der Waals surface area (Å²) < 4.78 is 5.45. The van der Waals surface area contributed by atoms with Crippen LogP contribution >= 0.6 is 0 Å². The van der Waals surface area contributed by atoms with Gasteiger partial charge in [0.15, 0.2) is 0 Å². The quantitative estimate of drug-likeness (QED) is 0.0380. The highest BCUT2D eigenvalue weighted by Gasteiger charge is 2.02. The molecule has 0 aliphatic heterocycles. The van der Waals surface area contributed by atoms with Crippen LogP contribution < -0.4 is 0 Å². The molecule has 0 spiro atoms. The number of hydrogen-bond acceptors (Lipinski definition) is 2. The molecule has 0 amide bonds. The van der Waals surface area contributed by atoms with E-state index < -0.39 is 0 Å². The van der Waals surface area contributed by atoms with Crippen LogP contribution in [0.5, 0.6) is 0 Å². The lowest BCUT2D eigenvalue weighted by atomic mass is 10.0. The molecule has 0 bridgehead atoms. The lowest BCUT2D eigenvalue weighted by Crippen LogP contribution is -2.05. The van der Waals surface area contributed by atoms with Crippen molar-refractivity contribution >= 4 is 5.97 Å². The average molecular weight is 643 g/mol. The summed E-state index contributed by atoms with van der Waals surface area (Å²) in [6.45, 7) is 5.09. The third-order valence-corrected chi connectivity index (χ3v) is 9.29. The second-order valence-corrected chi connectivity index (χ2v) is 14.0. The molecule has 0 aromatic heterocycles. The minimum atomic E-state index is 0.00950. The van der Waals surface area contributed by atoms with Gasteiger partial charge in [-0.05, 0) is 44.9 Å². The maximum atomic E-state index is 12.0. The van der Waals surface area contributed by atoms with E-state index in [1.165, 1.54) is 173 Å². The van der Waals surface area contributed by atoms with Crippen molar-refractivity contribution in [3.63, 3.8) is 0 Å². The normalized spacial score (nSPS) is 12.0. The third kappa shape index (κ3) is 40.7. The Balaban J connectivity index is 3.19. The maximum Gasteiger partial charge on any atom is 0.305 e. The number of hydrogen-bond donors (Lipinski definition) is 0. The SMILES string of the molecule is CC/C=C\C/C=C\C/C=C\CCCCCCCC(=O)OCCCCCCCCCCCCCCCCCCCCCCCCCC. The van der Waals surface area contributed by atoms with E-state index in [0.29, 0.717) is 13.0 Å². The van der Waals surface area contributed by atoms with E-state index >= 15 is 0 Å². The zero-order valence-electron chi connectivity index (χ0n) is 31.5. The first kappa shape index (κ1) is 44.7. The first-order chi connectivity index (χ1) is 22.8. The van der Waals surface area contributed by atoms with Crippen LogP contribution in [-0.2, 0) is 9.53 Å². The Morgan fingerprint density at radius 2 is 0.739 bits per heavy atom. The van der Waals surface area contributed by atoms with E-state index in [1.807, 2.05) is 0 Å². The second kappa shape index (κ2) is 41.7. The highest BCUT2D eigenvalue weighted by atomic mass is 16.5. The Kier molecular flexibility index (Phi) is 40.5. The van der Waals surface area contributed by atoms with E-state index in [0.717, 1.165) is 38.5 Å². The Hall–Kier alpha value is -1.31. The molecule has 2 heteroatoms. The number of allylic oxidation sites excluding steroid dienone is 6. The first-order valence-electron chi connectivity index (χ1n) is 20.9. The van der Waals surface area contributed by atoms with Gasteiger partial charge < -0.3 is 4.74 Å². The molecule has 0 saturated carbocycles. The van der Waals surface area contributed by atoms with Gasteiger partial charge in [-0.15, -0.1) is 0 Å². The zero-order valence-corrected chi connectivity index (χ0v) is 31.5. The van der Waals surface area contributed by atoms with Crippen LogP contribution in [0.15, 0.2) is 36.5 Å². The molecule has 46 heavy (non-hydrogen) atoms. The van der Waals surface area contributed by atoms with Gasteiger partial charge in [0.1, 0.15) is 0 Å². The van der Waals surface area contributed by atoms with Gasteiger partial charge in [-0.2, -0.15) is 0 Å². The molecule has 270 valence electrons. The van der Waals surface area contributed by atoms with Crippen molar-refractivity contribution in [2.75, 3.05) is 6.61 Å². The number of esters is 1. The smallest absolute Gasteiger partial charge is 0.305 e. The zero-order chi connectivity index (χ0) is 33.3. The lowest BCUT2D eigenvalue weighted by Gasteiger charge is -2.06. The van der Waals surface area contributed by atoms with Gasteiger partial charge in [-0.25, -0.2) is 0 Å². The third-order valence-electron chi connectivity index (χ3n) is 9.29. The maximum absolute atomic E-state index is 12.0. The second-order valence-electron chi connectivity index (χ2n) is 14.0. The number of unbranched alkanes of at least 4 members (excludes halogenated alkanes) is 28. The topological polar surface area (TPSA) is 26.3 Å². The summed E-state index contributed by atoms with van der Waals surface area (Å²) in [5.74, 6) is 0.00950. The molecule has 0 aliphatic carbocycles. The number of carbonyl (C=O) groups is 1. The van der Waals surface area contributed by atoms with Crippen LogP contribution in [0.1, 0.15) is 232 Å². The van der Waals surface area contributed by atoms with Gasteiger partial charge in [0.2, 0.25) is 0 Å². The minimum Gasteiger partial charge on any atom is -0.466 e. The average Bonchev–Trinajstić information content (AvgIpc) is 3.06. The molecule has 0 rings (SSSR count). The van der Waals surface area contributed by atoms with Gasteiger partial charge in [0.05, 0.1) is 6.61 Å². The summed E-state index contributed by atoms with van der Waals surface area (Å²) >= 11 is 0. The van der Waals surface area contributed by atoms with Gasteiger partial charge in [-0.3, -0.25) is 4.79 Å². The fourth-order valence-electron chi connectivity index (χ4n) is 6.21. The lowest BCUT2D eigenvalue weighted by molar-refractivity contribution is -0.143. The van der Waals surface area contributed by atoms with E-state index in [2.05, 4.69) is 50.3 Å². The van der Waals surface area contributed by atoms with Crippen LogP contribution in [0.25, 0.3) is 0 Å². The largest absolute Gasteiger partial charge is 0.466 e. The molecule has 0 aromatic rings. The predicted octanol–water partition coefficient (Wildman–Crippen LogP) is 15.5. The van der Waals surface area contributed by atoms with Crippen LogP contribution in [0.3, 0.4) is 0 Å². The van der Waals surface area contributed by atoms with Gasteiger partial charge in [-0.1, -0.05) is 217 Å². The molecule has 2 nitrogen and oxygen atoms in total. The molecule has 0 N–H and O–H groups in total. The van der Waals surface area contributed by atoms with Crippen LogP contribution in [0.4, 0.5) is 0 Å². The Labute approximate surface area is 290 Å². The standard InChI is InChI=1S/C44H82O2/c1-3-5-7-9-11-13-15-17-19-20-21-22-23-24-25-26-27-29-31-33-35-37-39-41-43-46-44(45)42-40-38-36-34-32-30-28-18-16-14-12-10-8-6-4-2/h6,8,12,14,18,28H,3-5,7,9-11,13,15-17,19-27,29-43H2,1-2H3/b8-6-,14-12-,28-18-. The Morgan fingerprint density at radius 1 is 0.391 bits per heavy atom. The number of rotatable bonds is 38. The molecule has 0 atom stereocenters. The fraction of sp³-hybridized carbons (Fsp3) is 0.841. The van der Waals surface area contributed by atoms with Crippen molar-refractivity contribution in [1.29, 1.82) is 0 Å². The van der Waals surface area contributed by atoms with Crippen LogP contribution in [0, 0.1) is 0 Å². The highest BCUT2D eigenvalue weighted by molar-refractivity contribution is 5.69. The van der Waals surface area contributed by atoms with Crippen molar-refractivity contribution < 1.29 is 9.53 Å². The van der Waals surface area contributed by atoms with E-state index in [4.69, 9.17) is 4.74 Å². The van der Waals surface area contributed by atoms with E-state index in [1.54, 1.807) is 0 Å². The predicted molar refractivity (Wildman–Crippen MR) is 207 cm³/mol. The fourth-order valence-corrected chi connectivity index (χ4v) is 6.21. The molecular weight excluding hydrogens is 560 g/mol. The summed E-state index contributed by atoms with van der Waals surface area (Å²) in [5, 5.41) is 0. The van der Waals surface area contributed by atoms with Crippen molar-refractivity contribution in [3.8, 4) is 0 Å². The molecule has 0 radical (unpaired) electrons. The van der Waals surface area contributed by atoms with E-state index in [-0.39, 0.29) is 5.97 Å². The molecular formula is C44H82O2. The molecule has 0 saturated heterocycles. The summed E-state index contributed by atoms with van der Waals surface area (Å²) in [4.78, 5) is 12.0. The van der Waals surface area contributed by atoms with E-state index in [9.17, 15) is 4.79 Å². The first-order valence-corrected chi connectivity index (χ1v) is 20.9.